The van der Waals surface area contributed by atoms with Crippen LogP contribution in [0, 0.1) is 0 Å². The van der Waals surface area contributed by atoms with Gasteiger partial charge in [-0.1, -0.05) is 0 Å². The third-order valence-corrected chi connectivity index (χ3v) is 4.23. The minimum absolute atomic E-state index is 0.00624. The summed E-state index contributed by atoms with van der Waals surface area (Å²) in [7, 11) is 1.51. The first kappa shape index (κ1) is 17.3. The molecule has 134 valence electrons. The summed E-state index contributed by atoms with van der Waals surface area (Å²) in [6.07, 6.45) is 1.68. The molecule has 2 fully saturated rings. The maximum atomic E-state index is 13.0. The first-order valence-corrected chi connectivity index (χ1v) is 8.41. The molecule has 1 atom stereocenters. The van der Waals surface area contributed by atoms with Gasteiger partial charge in [-0.2, -0.15) is 0 Å². The van der Waals surface area contributed by atoms with Crippen LogP contribution in [0.4, 0.5) is 0 Å². The normalized spacial score (nSPS) is 19.8. The van der Waals surface area contributed by atoms with Crippen molar-refractivity contribution in [2.24, 2.45) is 0 Å². The number of carbonyl (C=O) groups excluding carboxylic acids is 3. The van der Waals surface area contributed by atoms with Crippen molar-refractivity contribution in [3.63, 3.8) is 0 Å². The van der Waals surface area contributed by atoms with E-state index in [0.717, 1.165) is 12.8 Å². The maximum Gasteiger partial charge on any atom is 0.254 e. The Hall–Kier alpha value is -2.57. The van der Waals surface area contributed by atoms with Gasteiger partial charge in [0.15, 0.2) is 11.5 Å². The lowest BCUT2D eigenvalue weighted by atomic mass is 10.1. The molecule has 0 radical (unpaired) electrons. The van der Waals surface area contributed by atoms with E-state index < -0.39 is 11.9 Å². The fraction of sp³-hybridized carbons (Fsp3) is 0.500. The van der Waals surface area contributed by atoms with Gasteiger partial charge >= 0.3 is 0 Å². The molecule has 1 N–H and O–H groups in total. The lowest BCUT2D eigenvalue weighted by Gasteiger charge is -2.27. The first-order chi connectivity index (χ1) is 11.9. The van der Waals surface area contributed by atoms with Crippen molar-refractivity contribution in [1.29, 1.82) is 0 Å². The average molecular weight is 346 g/mol. The second-order valence-corrected chi connectivity index (χ2v) is 6.61. The molecule has 0 spiro atoms. The molecule has 7 nitrogen and oxygen atoms in total. The predicted molar refractivity (Wildman–Crippen MR) is 89.5 cm³/mol. The quantitative estimate of drug-likeness (QED) is 0.789. The Labute approximate surface area is 146 Å². The van der Waals surface area contributed by atoms with E-state index >= 15 is 0 Å². The van der Waals surface area contributed by atoms with Crippen molar-refractivity contribution in [3.8, 4) is 11.5 Å². The molecule has 0 bridgehead atoms. The van der Waals surface area contributed by atoms with Crippen LogP contribution >= 0.6 is 0 Å². The molecule has 0 aromatic heterocycles. The zero-order valence-electron chi connectivity index (χ0n) is 14.6. The Kier molecular flexibility index (Phi) is 4.65. The van der Waals surface area contributed by atoms with Gasteiger partial charge in [-0.15, -0.1) is 0 Å². The predicted octanol–water partition coefficient (Wildman–Crippen LogP) is 1.50. The molecular formula is C18H22N2O5. The molecule has 1 saturated heterocycles. The van der Waals surface area contributed by atoms with E-state index in [1.165, 1.54) is 12.0 Å². The average Bonchev–Trinajstić information content (AvgIpc) is 3.33. The van der Waals surface area contributed by atoms with Crippen molar-refractivity contribution in [3.05, 3.63) is 23.8 Å². The number of imide groups is 1. The topological polar surface area (TPSA) is 84.9 Å². The fourth-order valence-corrected chi connectivity index (χ4v) is 2.98. The van der Waals surface area contributed by atoms with E-state index in [1.54, 1.807) is 18.2 Å². The standard InChI is InChI=1S/C18H22N2O5/c1-10(2)25-14-7-4-11(8-15(14)24-3)18(23)20(12-5-6-12)13-9-16(21)19-17(13)22/h4,7-8,10,12-13H,5-6,9H2,1-3H3,(H,19,21,22)/t13-/m0/s1. The van der Waals surface area contributed by atoms with Gasteiger partial charge in [-0.25, -0.2) is 0 Å². The van der Waals surface area contributed by atoms with Crippen LogP contribution in [0.3, 0.4) is 0 Å². The summed E-state index contributed by atoms with van der Waals surface area (Å²) in [6.45, 7) is 3.81. The highest BCUT2D eigenvalue weighted by atomic mass is 16.5. The number of hydrogen-bond acceptors (Lipinski definition) is 5. The monoisotopic (exact) mass is 346 g/mol. The molecule has 3 amide bonds. The molecule has 25 heavy (non-hydrogen) atoms. The molecule has 1 heterocycles. The zero-order valence-corrected chi connectivity index (χ0v) is 14.6. The van der Waals surface area contributed by atoms with Gasteiger partial charge in [0, 0.05) is 11.6 Å². The van der Waals surface area contributed by atoms with E-state index in [1.807, 2.05) is 13.8 Å². The molecule has 1 aromatic rings. The molecule has 1 aromatic carbocycles. The number of carbonyl (C=O) groups is 3. The van der Waals surface area contributed by atoms with Gasteiger partial charge in [0.25, 0.3) is 5.91 Å². The highest BCUT2D eigenvalue weighted by Crippen LogP contribution is 2.34. The summed E-state index contributed by atoms with van der Waals surface area (Å²) in [5.41, 5.74) is 0.409. The second kappa shape index (κ2) is 6.74. The summed E-state index contributed by atoms with van der Waals surface area (Å²) in [6, 6.07) is 4.24. The van der Waals surface area contributed by atoms with Gasteiger partial charge in [0.2, 0.25) is 11.8 Å². The van der Waals surface area contributed by atoms with Crippen molar-refractivity contribution in [2.75, 3.05) is 7.11 Å². The summed E-state index contributed by atoms with van der Waals surface area (Å²) >= 11 is 0. The molecule has 1 aliphatic carbocycles. The number of hydrogen-bond donors (Lipinski definition) is 1. The number of nitrogens with one attached hydrogen (secondary N) is 1. The van der Waals surface area contributed by atoms with Crippen molar-refractivity contribution >= 4 is 17.7 Å². The lowest BCUT2D eigenvalue weighted by Crippen LogP contribution is -2.45. The van der Waals surface area contributed by atoms with Crippen LogP contribution in [-0.4, -0.2) is 47.9 Å². The third kappa shape index (κ3) is 3.60. The van der Waals surface area contributed by atoms with Crippen molar-refractivity contribution < 1.29 is 23.9 Å². The zero-order chi connectivity index (χ0) is 18.1. The molecule has 3 rings (SSSR count). The Morgan fingerprint density at radius 2 is 1.96 bits per heavy atom. The van der Waals surface area contributed by atoms with Crippen molar-refractivity contribution in [1.82, 2.24) is 10.2 Å². The number of nitrogens with zero attached hydrogens (tertiary/aromatic N) is 1. The van der Waals surface area contributed by atoms with Gasteiger partial charge < -0.3 is 14.4 Å². The Bertz CT molecular complexity index is 711. The summed E-state index contributed by atoms with van der Waals surface area (Å²) in [5.74, 6) is -0.00140. The minimum Gasteiger partial charge on any atom is -0.493 e. The van der Waals surface area contributed by atoms with Crippen LogP contribution in [0.5, 0.6) is 11.5 Å². The Morgan fingerprint density at radius 1 is 1.24 bits per heavy atom. The van der Waals surface area contributed by atoms with E-state index in [0.29, 0.717) is 17.1 Å². The smallest absolute Gasteiger partial charge is 0.254 e. The number of ether oxygens (including phenoxy) is 2. The van der Waals surface area contributed by atoms with Crippen LogP contribution in [0.15, 0.2) is 18.2 Å². The summed E-state index contributed by atoms with van der Waals surface area (Å²) in [4.78, 5) is 38.1. The molecule has 7 heteroatoms. The number of methoxy groups -OCH3 is 1. The van der Waals surface area contributed by atoms with Gasteiger partial charge in [0.1, 0.15) is 6.04 Å². The van der Waals surface area contributed by atoms with Crippen LogP contribution in [-0.2, 0) is 9.59 Å². The maximum absolute atomic E-state index is 13.0. The van der Waals surface area contributed by atoms with Crippen LogP contribution in [0.2, 0.25) is 0 Å². The molecule has 2 aliphatic rings. The lowest BCUT2D eigenvalue weighted by molar-refractivity contribution is -0.126. The molecule has 1 aliphatic heterocycles. The highest BCUT2D eigenvalue weighted by molar-refractivity contribution is 6.08. The number of amides is 3. The number of rotatable bonds is 6. The van der Waals surface area contributed by atoms with Gasteiger partial charge in [0.05, 0.1) is 19.6 Å². The van der Waals surface area contributed by atoms with E-state index in [2.05, 4.69) is 5.32 Å². The van der Waals surface area contributed by atoms with Gasteiger partial charge in [-0.3, -0.25) is 19.7 Å². The van der Waals surface area contributed by atoms with E-state index in [4.69, 9.17) is 9.47 Å². The molecule has 1 saturated carbocycles. The fourth-order valence-electron chi connectivity index (χ4n) is 2.98. The second-order valence-electron chi connectivity index (χ2n) is 6.61. The Morgan fingerprint density at radius 3 is 2.48 bits per heavy atom. The minimum atomic E-state index is -0.731. The number of benzene rings is 1. The summed E-state index contributed by atoms with van der Waals surface area (Å²) in [5, 5.41) is 2.27. The Balaban J connectivity index is 1.87. The van der Waals surface area contributed by atoms with Crippen LogP contribution in [0.1, 0.15) is 43.5 Å². The van der Waals surface area contributed by atoms with E-state index in [-0.39, 0.29) is 30.4 Å². The molecule has 0 unspecified atom stereocenters. The van der Waals surface area contributed by atoms with Crippen LogP contribution in [0.25, 0.3) is 0 Å². The van der Waals surface area contributed by atoms with Crippen molar-refractivity contribution in [2.45, 2.75) is 51.3 Å². The van der Waals surface area contributed by atoms with Crippen LogP contribution < -0.4 is 14.8 Å². The van der Waals surface area contributed by atoms with E-state index in [9.17, 15) is 14.4 Å². The SMILES string of the molecule is COc1cc(C(=O)N(C2CC2)[C@H]2CC(=O)NC2=O)ccc1OC(C)C. The largest absolute Gasteiger partial charge is 0.493 e. The first-order valence-electron chi connectivity index (χ1n) is 8.41. The molecular weight excluding hydrogens is 324 g/mol. The van der Waals surface area contributed by atoms with Gasteiger partial charge in [-0.05, 0) is 44.9 Å². The third-order valence-electron chi connectivity index (χ3n) is 4.23. The highest BCUT2D eigenvalue weighted by Gasteiger charge is 2.45. The summed E-state index contributed by atoms with van der Waals surface area (Å²) < 4.78 is 11.0.